The van der Waals surface area contributed by atoms with Gasteiger partial charge in [0.2, 0.25) is 0 Å². The second-order valence-corrected chi connectivity index (χ2v) is 4.02. The summed E-state index contributed by atoms with van der Waals surface area (Å²) in [6, 6.07) is 0. The van der Waals surface area contributed by atoms with Crippen molar-refractivity contribution in [3.63, 3.8) is 0 Å². The Bertz CT molecular complexity index is 105. The maximum atomic E-state index is 3.79. The molecule has 0 aliphatic heterocycles. The maximum absolute atomic E-state index is 3.79. The number of rotatable bonds is 9. The first-order valence-electron chi connectivity index (χ1n) is 5.96. The van der Waals surface area contributed by atoms with Gasteiger partial charge in [-0.05, 0) is 18.8 Å². The van der Waals surface area contributed by atoms with Crippen LogP contribution in [0.25, 0.3) is 0 Å². The lowest BCUT2D eigenvalue weighted by Crippen LogP contribution is -1.99. The molecule has 1 atom stereocenters. The third-order valence-electron chi connectivity index (χ3n) is 2.69. The molecule has 0 fully saturated rings. The summed E-state index contributed by atoms with van der Waals surface area (Å²) in [5.41, 5.74) is 0. The van der Waals surface area contributed by atoms with Gasteiger partial charge in [-0.3, -0.25) is 0 Å². The second-order valence-electron chi connectivity index (χ2n) is 4.02. The molecule has 0 heterocycles. The van der Waals surface area contributed by atoms with Crippen molar-refractivity contribution >= 4 is 0 Å². The van der Waals surface area contributed by atoms with Crippen molar-refractivity contribution in [1.29, 1.82) is 0 Å². The van der Waals surface area contributed by atoms with Gasteiger partial charge in [-0.1, -0.05) is 58.4 Å². The number of hydrogen-bond acceptors (Lipinski definition) is 0. The maximum Gasteiger partial charge on any atom is -0.0351 e. The predicted octanol–water partition coefficient (Wildman–Crippen LogP) is 4.95. The van der Waals surface area contributed by atoms with Crippen LogP contribution in [-0.4, -0.2) is 0 Å². The molecule has 0 aliphatic carbocycles. The quantitative estimate of drug-likeness (QED) is 0.349. The van der Waals surface area contributed by atoms with Crippen molar-refractivity contribution in [1.82, 2.24) is 0 Å². The van der Waals surface area contributed by atoms with Crippen molar-refractivity contribution in [3.8, 4) is 0 Å². The van der Waals surface area contributed by atoms with Gasteiger partial charge in [0.15, 0.2) is 0 Å². The summed E-state index contributed by atoms with van der Waals surface area (Å²) in [4.78, 5) is 0. The van der Waals surface area contributed by atoms with E-state index >= 15 is 0 Å². The molecule has 0 rings (SSSR count). The van der Waals surface area contributed by atoms with Gasteiger partial charge in [-0.25, -0.2) is 0 Å². The lowest BCUT2D eigenvalue weighted by molar-refractivity contribution is 0.401. The minimum atomic E-state index is 0.967. The van der Waals surface area contributed by atoms with Gasteiger partial charge >= 0.3 is 0 Å². The number of allylic oxidation sites excluding steroid dienone is 1. The molecule has 1 unspecified atom stereocenters. The molecule has 0 aromatic rings. The Labute approximate surface area is 84.4 Å². The van der Waals surface area contributed by atoms with Crippen molar-refractivity contribution in [3.05, 3.63) is 12.7 Å². The third-order valence-corrected chi connectivity index (χ3v) is 2.69. The molecule has 0 N–H and O–H groups in total. The van der Waals surface area contributed by atoms with E-state index in [1.54, 1.807) is 0 Å². The summed E-state index contributed by atoms with van der Waals surface area (Å²) < 4.78 is 0. The monoisotopic (exact) mass is 182 g/mol. The summed E-state index contributed by atoms with van der Waals surface area (Å²) in [5, 5.41) is 0. The number of unbranched alkanes of at least 4 members (excludes halogenated alkanes) is 2. The van der Waals surface area contributed by atoms with E-state index in [1.165, 1.54) is 51.4 Å². The molecule has 0 radical (unpaired) electrons. The van der Waals surface area contributed by atoms with Crippen LogP contribution in [0, 0.1) is 5.92 Å². The third kappa shape index (κ3) is 8.08. The zero-order chi connectivity index (χ0) is 9.94. The Kier molecular flexibility index (Phi) is 9.63. The van der Waals surface area contributed by atoms with Crippen LogP contribution in [0.3, 0.4) is 0 Å². The SMILES string of the molecule is C=CCCC(CCC)CCCCC. The molecular formula is C13H26. The van der Waals surface area contributed by atoms with Gasteiger partial charge in [0.05, 0.1) is 0 Å². The summed E-state index contributed by atoms with van der Waals surface area (Å²) >= 11 is 0. The van der Waals surface area contributed by atoms with Crippen molar-refractivity contribution < 1.29 is 0 Å². The van der Waals surface area contributed by atoms with Crippen LogP contribution in [0.4, 0.5) is 0 Å². The van der Waals surface area contributed by atoms with E-state index < -0.39 is 0 Å². The Hall–Kier alpha value is -0.260. The molecule has 0 aliphatic rings. The smallest absolute Gasteiger partial charge is 0.0351 e. The van der Waals surface area contributed by atoms with Crippen molar-refractivity contribution in [2.24, 2.45) is 5.92 Å². The molecule has 0 saturated heterocycles. The minimum Gasteiger partial charge on any atom is -0.103 e. The van der Waals surface area contributed by atoms with Crippen LogP contribution in [0.1, 0.15) is 65.2 Å². The highest BCUT2D eigenvalue weighted by atomic mass is 14.1. The highest BCUT2D eigenvalue weighted by Gasteiger charge is 2.05. The van der Waals surface area contributed by atoms with E-state index in [1.807, 2.05) is 0 Å². The van der Waals surface area contributed by atoms with Crippen LogP contribution in [-0.2, 0) is 0 Å². The highest BCUT2D eigenvalue weighted by Crippen LogP contribution is 2.20. The van der Waals surface area contributed by atoms with Gasteiger partial charge in [0.1, 0.15) is 0 Å². The Balaban J connectivity index is 3.46. The molecule has 0 aromatic carbocycles. The summed E-state index contributed by atoms with van der Waals surface area (Å²) in [7, 11) is 0. The summed E-state index contributed by atoms with van der Waals surface area (Å²) in [6.45, 7) is 8.36. The molecule has 0 saturated carbocycles. The van der Waals surface area contributed by atoms with E-state index in [0.717, 1.165) is 5.92 Å². The van der Waals surface area contributed by atoms with E-state index in [-0.39, 0.29) is 0 Å². The average molecular weight is 182 g/mol. The van der Waals surface area contributed by atoms with Gasteiger partial charge in [-0.15, -0.1) is 6.58 Å². The van der Waals surface area contributed by atoms with Crippen LogP contribution in [0.5, 0.6) is 0 Å². The van der Waals surface area contributed by atoms with Crippen LogP contribution < -0.4 is 0 Å². The molecule has 0 bridgehead atoms. The standard InChI is InChI=1S/C13H26/c1-4-7-9-12-13(10-6-3)11-8-5-2/h5,13H,2,4,6-12H2,1,3H3. The van der Waals surface area contributed by atoms with E-state index in [9.17, 15) is 0 Å². The topological polar surface area (TPSA) is 0 Å². The Morgan fingerprint density at radius 1 is 1.00 bits per heavy atom. The van der Waals surface area contributed by atoms with Crippen LogP contribution >= 0.6 is 0 Å². The first-order chi connectivity index (χ1) is 6.35. The van der Waals surface area contributed by atoms with Crippen LogP contribution in [0.2, 0.25) is 0 Å². The largest absolute Gasteiger partial charge is 0.103 e. The van der Waals surface area contributed by atoms with E-state index in [0.29, 0.717) is 0 Å². The molecule has 0 nitrogen and oxygen atoms in total. The first kappa shape index (κ1) is 12.7. The lowest BCUT2D eigenvalue weighted by Gasteiger charge is -2.14. The predicted molar refractivity (Wildman–Crippen MR) is 62.0 cm³/mol. The molecule has 0 aromatic heterocycles. The summed E-state index contributed by atoms with van der Waals surface area (Å²) in [5.74, 6) is 0.967. The summed E-state index contributed by atoms with van der Waals surface area (Å²) in [6.07, 6.45) is 13.0. The molecule has 0 spiro atoms. The number of hydrogen-bond donors (Lipinski definition) is 0. The van der Waals surface area contributed by atoms with Gasteiger partial charge in [0.25, 0.3) is 0 Å². The van der Waals surface area contributed by atoms with E-state index in [4.69, 9.17) is 0 Å². The van der Waals surface area contributed by atoms with Crippen molar-refractivity contribution in [2.75, 3.05) is 0 Å². The molecule has 78 valence electrons. The fourth-order valence-corrected chi connectivity index (χ4v) is 1.88. The van der Waals surface area contributed by atoms with Crippen LogP contribution in [0.15, 0.2) is 12.7 Å². The van der Waals surface area contributed by atoms with Gasteiger partial charge in [-0.2, -0.15) is 0 Å². The lowest BCUT2D eigenvalue weighted by atomic mass is 9.92. The fourth-order valence-electron chi connectivity index (χ4n) is 1.88. The fraction of sp³-hybridized carbons (Fsp3) is 0.846. The second kappa shape index (κ2) is 9.83. The molecular weight excluding hydrogens is 156 g/mol. The van der Waals surface area contributed by atoms with E-state index in [2.05, 4.69) is 26.5 Å². The van der Waals surface area contributed by atoms with Gasteiger partial charge < -0.3 is 0 Å². The average Bonchev–Trinajstić information content (AvgIpc) is 2.14. The van der Waals surface area contributed by atoms with Crippen molar-refractivity contribution in [2.45, 2.75) is 65.2 Å². The molecule has 0 heteroatoms. The highest BCUT2D eigenvalue weighted by molar-refractivity contribution is 4.69. The van der Waals surface area contributed by atoms with Gasteiger partial charge in [0, 0.05) is 0 Å². The zero-order valence-corrected chi connectivity index (χ0v) is 9.52. The molecule has 0 amide bonds. The molecule has 13 heavy (non-hydrogen) atoms. The Morgan fingerprint density at radius 2 is 1.77 bits per heavy atom. The first-order valence-corrected chi connectivity index (χ1v) is 5.96. The Morgan fingerprint density at radius 3 is 2.31 bits per heavy atom. The normalized spacial score (nSPS) is 12.8. The zero-order valence-electron chi connectivity index (χ0n) is 9.52. The minimum absolute atomic E-state index is 0.967.